The highest BCUT2D eigenvalue weighted by Crippen LogP contribution is 2.11. The van der Waals surface area contributed by atoms with Crippen LogP contribution in [0.3, 0.4) is 0 Å². The second-order valence-corrected chi connectivity index (χ2v) is 4.31. The molecule has 1 aromatic rings. The molecule has 4 nitrogen and oxygen atoms in total. The first-order valence-electron chi connectivity index (χ1n) is 5.50. The Morgan fingerprint density at radius 2 is 1.94 bits per heavy atom. The van der Waals surface area contributed by atoms with Crippen LogP contribution < -0.4 is 5.32 Å². The number of carbonyl (C=O) groups excluding carboxylic acids is 2. The molecule has 0 bridgehead atoms. The molecule has 0 aliphatic rings. The van der Waals surface area contributed by atoms with Crippen LogP contribution in [0.15, 0.2) is 24.3 Å². The first-order valence-corrected chi connectivity index (χ1v) is 6.13. The van der Waals surface area contributed by atoms with Crippen LogP contribution >= 0.6 is 12.6 Å². The van der Waals surface area contributed by atoms with Gasteiger partial charge in [-0.3, -0.25) is 4.79 Å². The molecule has 0 aromatic heterocycles. The lowest BCUT2D eigenvalue weighted by Crippen LogP contribution is -2.42. The van der Waals surface area contributed by atoms with Gasteiger partial charge in [0.05, 0.1) is 11.7 Å². The van der Waals surface area contributed by atoms with E-state index in [1.165, 1.54) is 12.1 Å². The molecule has 1 rings (SSSR count). The first-order chi connectivity index (χ1) is 8.52. The van der Waals surface area contributed by atoms with Crippen molar-refractivity contribution in [2.24, 2.45) is 0 Å². The number of nitrogens with one attached hydrogen (secondary N) is 1. The van der Waals surface area contributed by atoms with Gasteiger partial charge in [-0.25, -0.2) is 0 Å². The summed E-state index contributed by atoms with van der Waals surface area (Å²) in [5.74, 6) is 0.303. The molecule has 18 heavy (non-hydrogen) atoms. The lowest BCUT2D eigenvalue weighted by molar-refractivity contribution is -0.124. The number of amides is 1. The van der Waals surface area contributed by atoms with Crippen molar-refractivity contribution in [1.29, 1.82) is 0 Å². The highest BCUT2D eigenvalue weighted by Gasteiger charge is 2.16. The van der Waals surface area contributed by atoms with Crippen molar-refractivity contribution in [2.75, 3.05) is 5.75 Å². The largest absolute Gasteiger partial charge is 0.508 e. The zero-order valence-electron chi connectivity index (χ0n) is 9.80. The molecule has 2 radical (unpaired) electrons. The molecular weight excluding hydrogens is 249 g/mol. The minimum absolute atomic E-state index is 0.147. The molecule has 1 atom stereocenters. The third kappa shape index (κ3) is 4.83. The Kier molecular flexibility index (Phi) is 5.78. The summed E-state index contributed by atoms with van der Waals surface area (Å²) >= 11 is 3.94. The zero-order chi connectivity index (χ0) is 13.5. The van der Waals surface area contributed by atoms with Crippen molar-refractivity contribution in [3.63, 3.8) is 0 Å². The number of aromatic hydroxyl groups is 1. The minimum atomic E-state index is -0.748. The van der Waals surface area contributed by atoms with E-state index in [0.717, 1.165) is 5.56 Å². The fourth-order valence-electron chi connectivity index (χ4n) is 1.46. The molecule has 0 fully saturated rings. The number of hydrogen-bond donors (Lipinski definition) is 3. The Hall–Kier alpha value is -1.43. The third-order valence-electron chi connectivity index (χ3n) is 2.39. The van der Waals surface area contributed by atoms with Crippen LogP contribution in [0.2, 0.25) is 0 Å². The van der Waals surface area contributed by atoms with Gasteiger partial charge >= 0.3 is 0 Å². The van der Waals surface area contributed by atoms with Crippen LogP contribution in [-0.2, 0) is 16.0 Å². The second-order valence-electron chi connectivity index (χ2n) is 3.87. The van der Waals surface area contributed by atoms with E-state index in [-0.39, 0.29) is 18.1 Å². The van der Waals surface area contributed by atoms with Gasteiger partial charge in [0, 0.05) is 6.42 Å². The lowest BCUT2D eigenvalue weighted by atomic mass is 9.90. The topological polar surface area (TPSA) is 66.4 Å². The van der Waals surface area contributed by atoms with Gasteiger partial charge in [-0.1, -0.05) is 12.1 Å². The van der Waals surface area contributed by atoms with Crippen LogP contribution in [0.5, 0.6) is 5.75 Å². The monoisotopic (exact) mass is 263 g/mol. The van der Waals surface area contributed by atoms with Crippen molar-refractivity contribution in [2.45, 2.75) is 18.9 Å². The first kappa shape index (κ1) is 14.6. The third-order valence-corrected chi connectivity index (χ3v) is 2.62. The molecule has 0 saturated heterocycles. The summed E-state index contributed by atoms with van der Waals surface area (Å²) in [4.78, 5) is 22.6. The van der Waals surface area contributed by atoms with Crippen LogP contribution in [-0.4, -0.2) is 36.3 Å². The van der Waals surface area contributed by atoms with Gasteiger partial charge in [0.15, 0.2) is 7.85 Å². The molecule has 94 valence electrons. The number of carbonyl (C=O) groups is 2. The number of hydrogen-bond acceptors (Lipinski definition) is 4. The fraction of sp³-hybridized carbons (Fsp3) is 0.333. The van der Waals surface area contributed by atoms with E-state index in [2.05, 4.69) is 17.9 Å². The maximum Gasteiger partial charge on any atom is 0.221 e. The van der Waals surface area contributed by atoms with Crippen molar-refractivity contribution in [1.82, 2.24) is 5.32 Å². The van der Waals surface area contributed by atoms with Crippen LogP contribution in [0, 0.1) is 0 Å². The fourth-order valence-corrected chi connectivity index (χ4v) is 1.66. The zero-order valence-corrected chi connectivity index (χ0v) is 10.7. The minimum Gasteiger partial charge on any atom is -0.508 e. The van der Waals surface area contributed by atoms with E-state index < -0.39 is 11.7 Å². The lowest BCUT2D eigenvalue weighted by Gasteiger charge is -2.16. The predicted octanol–water partition coefficient (Wildman–Crippen LogP) is 0.434. The van der Waals surface area contributed by atoms with Crippen molar-refractivity contribution >= 4 is 32.1 Å². The smallest absolute Gasteiger partial charge is 0.221 e. The maximum absolute atomic E-state index is 11.4. The van der Waals surface area contributed by atoms with E-state index in [1.807, 2.05) is 0 Å². The molecule has 0 spiro atoms. The van der Waals surface area contributed by atoms with Gasteiger partial charge in [-0.15, -0.1) is 0 Å². The van der Waals surface area contributed by atoms with E-state index in [1.54, 1.807) is 12.1 Å². The number of phenolic OH excluding ortho intramolecular Hbond substituents is 1. The summed E-state index contributed by atoms with van der Waals surface area (Å²) in [5.41, 5.74) is 0.221. The standard InChI is InChI=1S/C12H14BNO3S/c13-12(17)10(14-11(16)5-6-18)7-8-1-3-9(15)4-2-8/h1-4,10,15,18H,5-7H2,(H,14,16). The van der Waals surface area contributed by atoms with E-state index >= 15 is 0 Å². The summed E-state index contributed by atoms with van der Waals surface area (Å²) < 4.78 is 0. The van der Waals surface area contributed by atoms with Crippen LogP contribution in [0.25, 0.3) is 0 Å². The van der Waals surface area contributed by atoms with Crippen LogP contribution in [0.1, 0.15) is 12.0 Å². The summed E-state index contributed by atoms with van der Waals surface area (Å²) in [6, 6.07) is 5.64. The quantitative estimate of drug-likeness (QED) is 0.515. The molecule has 1 aromatic carbocycles. The highest BCUT2D eigenvalue weighted by molar-refractivity contribution is 7.80. The molecule has 0 saturated carbocycles. The second kappa shape index (κ2) is 7.11. The van der Waals surface area contributed by atoms with Crippen LogP contribution in [0.4, 0.5) is 0 Å². The SMILES string of the molecule is [B]C(=O)C(Cc1ccc(O)cc1)NC(=O)CCS. The molecule has 2 N–H and O–H groups in total. The Bertz CT molecular complexity index is 422. The molecular formula is C12H14BNO3S. The number of phenols is 1. The van der Waals surface area contributed by atoms with Gasteiger partial charge in [-0.05, 0) is 29.9 Å². The van der Waals surface area contributed by atoms with Gasteiger partial charge in [0.1, 0.15) is 5.75 Å². The average molecular weight is 263 g/mol. The Morgan fingerprint density at radius 3 is 2.44 bits per heavy atom. The molecule has 0 heterocycles. The molecule has 1 amide bonds. The number of rotatable bonds is 6. The van der Waals surface area contributed by atoms with Crippen molar-refractivity contribution < 1.29 is 14.7 Å². The Balaban J connectivity index is 2.65. The van der Waals surface area contributed by atoms with E-state index in [0.29, 0.717) is 12.2 Å². The Morgan fingerprint density at radius 1 is 1.33 bits per heavy atom. The van der Waals surface area contributed by atoms with Gasteiger partial charge < -0.3 is 15.2 Å². The predicted molar refractivity (Wildman–Crippen MR) is 73.0 cm³/mol. The summed E-state index contributed by atoms with van der Waals surface area (Å²) in [7, 11) is 5.24. The van der Waals surface area contributed by atoms with Crippen molar-refractivity contribution in [3.8, 4) is 5.75 Å². The van der Waals surface area contributed by atoms with E-state index in [4.69, 9.17) is 13.0 Å². The average Bonchev–Trinajstić information content (AvgIpc) is 2.31. The summed E-state index contributed by atoms with van der Waals surface area (Å²) in [6.07, 6.45) is 0.538. The summed E-state index contributed by atoms with van der Waals surface area (Å²) in [5, 5.41) is 11.7. The normalized spacial score (nSPS) is 11.8. The highest BCUT2D eigenvalue weighted by atomic mass is 32.1. The molecule has 0 aliphatic carbocycles. The van der Waals surface area contributed by atoms with Gasteiger partial charge in [0.25, 0.3) is 0 Å². The van der Waals surface area contributed by atoms with Crippen molar-refractivity contribution in [3.05, 3.63) is 29.8 Å². The number of thiol groups is 1. The van der Waals surface area contributed by atoms with E-state index in [9.17, 15) is 9.59 Å². The Labute approximate surface area is 113 Å². The molecule has 6 heteroatoms. The molecule has 1 unspecified atom stereocenters. The van der Waals surface area contributed by atoms with Gasteiger partial charge in [-0.2, -0.15) is 12.6 Å². The summed E-state index contributed by atoms with van der Waals surface area (Å²) in [6.45, 7) is 0. The number of benzene rings is 1. The maximum atomic E-state index is 11.4. The molecule has 0 aliphatic heterocycles. The van der Waals surface area contributed by atoms with Gasteiger partial charge in [0.2, 0.25) is 5.91 Å².